The van der Waals surface area contributed by atoms with Gasteiger partial charge in [0.2, 0.25) is 5.91 Å². The van der Waals surface area contributed by atoms with E-state index in [1.54, 1.807) is 13.3 Å². The van der Waals surface area contributed by atoms with Gasteiger partial charge in [-0.1, -0.05) is 53.3 Å². The van der Waals surface area contributed by atoms with Gasteiger partial charge in [-0.25, -0.2) is 10.4 Å². The second-order valence-corrected chi connectivity index (χ2v) is 17.3. The fourth-order valence-electron chi connectivity index (χ4n) is 8.20. The summed E-state index contributed by atoms with van der Waals surface area (Å²) in [6.45, 7) is 22.0. The Labute approximate surface area is 323 Å². The zero-order chi connectivity index (χ0) is 39.1. The number of thiazole rings is 1. The van der Waals surface area contributed by atoms with Gasteiger partial charge in [-0.2, -0.15) is 0 Å². The number of ether oxygens (including phenoxy) is 2. The van der Waals surface area contributed by atoms with Crippen LogP contribution in [-0.4, -0.2) is 77.0 Å². The smallest absolute Gasteiger partial charge is 0.324 e. The second kappa shape index (κ2) is 15.5. The predicted molar refractivity (Wildman–Crippen MR) is 215 cm³/mol. The van der Waals surface area contributed by atoms with Crippen molar-refractivity contribution in [3.05, 3.63) is 58.2 Å². The zero-order valence-electron chi connectivity index (χ0n) is 33.2. The number of nitrogens with zero attached hydrogens (tertiary/aromatic N) is 4. The van der Waals surface area contributed by atoms with Crippen LogP contribution >= 0.6 is 11.3 Å². The normalized spacial score (nSPS) is 25.2. The summed E-state index contributed by atoms with van der Waals surface area (Å²) in [5.41, 5.74) is 9.12. The first-order valence-corrected chi connectivity index (χ1v) is 20.1. The maximum atomic E-state index is 14.2. The number of esters is 1. The number of methoxy groups -OCH3 is 1. The van der Waals surface area contributed by atoms with Crippen LogP contribution in [0.3, 0.4) is 0 Å². The van der Waals surface area contributed by atoms with Crippen molar-refractivity contribution in [2.75, 3.05) is 20.3 Å². The molecule has 5 atom stereocenters. The fraction of sp³-hybridized carbons (Fsp3) is 0.548. The number of aromatic nitrogens is 2. The van der Waals surface area contributed by atoms with Crippen molar-refractivity contribution in [3.63, 3.8) is 0 Å². The van der Waals surface area contributed by atoms with Crippen LogP contribution in [-0.2, 0) is 43.2 Å². The quantitative estimate of drug-likeness (QED) is 0.148. The molecule has 0 radical (unpaired) electrons. The highest BCUT2D eigenvalue weighted by molar-refractivity contribution is 7.10. The third-order valence-corrected chi connectivity index (χ3v) is 12.6. The molecule has 4 heterocycles. The number of carbonyl (C=O) groups is 3. The number of hydrogen-bond acceptors (Lipinski definition) is 9. The minimum atomic E-state index is -0.853. The maximum Gasteiger partial charge on any atom is 0.324 e. The van der Waals surface area contributed by atoms with E-state index in [9.17, 15) is 14.4 Å². The number of allylic oxidation sites excluding steroid dienone is 2. The number of amides is 2. The average Bonchev–Trinajstić information content (AvgIpc) is 3.44. The average molecular weight is 757 g/mol. The van der Waals surface area contributed by atoms with Gasteiger partial charge in [0.05, 0.1) is 34.8 Å². The first-order valence-electron chi connectivity index (χ1n) is 19.2. The van der Waals surface area contributed by atoms with Gasteiger partial charge >= 0.3 is 5.97 Å². The van der Waals surface area contributed by atoms with E-state index in [2.05, 4.69) is 81.6 Å². The van der Waals surface area contributed by atoms with E-state index < -0.39 is 23.5 Å². The lowest BCUT2D eigenvalue weighted by Crippen LogP contribution is -2.60. The number of benzene rings is 1. The predicted octanol–water partition coefficient (Wildman–Crippen LogP) is 6.75. The van der Waals surface area contributed by atoms with E-state index in [0.717, 1.165) is 49.7 Å². The molecule has 2 fully saturated rings. The molecule has 1 saturated carbocycles. The Morgan fingerprint density at radius 1 is 1.28 bits per heavy atom. The van der Waals surface area contributed by atoms with Crippen molar-refractivity contribution >= 4 is 51.8 Å². The minimum absolute atomic E-state index is 0.130. The number of hydrazine groups is 1. The molecule has 54 heavy (non-hydrogen) atoms. The van der Waals surface area contributed by atoms with Crippen LogP contribution in [0.1, 0.15) is 84.5 Å². The van der Waals surface area contributed by atoms with Crippen molar-refractivity contribution < 1.29 is 23.9 Å². The van der Waals surface area contributed by atoms with E-state index in [-0.39, 0.29) is 48.2 Å². The van der Waals surface area contributed by atoms with Gasteiger partial charge in [-0.15, -0.1) is 11.3 Å². The van der Waals surface area contributed by atoms with Crippen LogP contribution in [0.2, 0.25) is 0 Å². The van der Waals surface area contributed by atoms with E-state index in [1.807, 2.05) is 25.3 Å². The lowest BCUT2D eigenvalue weighted by molar-refractivity contribution is -0.155. The summed E-state index contributed by atoms with van der Waals surface area (Å²) < 4.78 is 14.2. The number of nitrogens with one attached hydrogen (secondary N) is 2. The monoisotopic (exact) mass is 756 g/mol. The number of aliphatic imine (C=N–C) groups is 1. The SMILES string of the molecule is C=C/C(=C(\N=CC)[C@H](C)OC)c1c2c3cc(ccc3n1CC)-c1csc(n1)C[C@H](NC(=O)[C@H]1[C@H](C)C1(C)C)C(=O)N1CCC[C@H](N1)C(=O)OCC(C)(C)C2. The first kappa shape index (κ1) is 39.6. The Bertz CT molecular complexity index is 2010. The molecule has 1 aromatic carbocycles. The summed E-state index contributed by atoms with van der Waals surface area (Å²) in [5.74, 6) is -0.782. The van der Waals surface area contributed by atoms with Gasteiger partial charge in [0.1, 0.15) is 12.1 Å². The molecule has 1 saturated heterocycles. The van der Waals surface area contributed by atoms with Crippen LogP contribution in [0.15, 0.2) is 46.9 Å². The largest absolute Gasteiger partial charge is 0.464 e. The standard InChI is InChI=1S/C42H56N6O5S/c1-11-27(36(43-12-2)25(5)52-10)37-29-21-41(6,7)23-53-40(51)30-15-14-18-48(46-30)39(50)31(45-38(49)35-24(4)42(35,8)9)20-34-44-32(22-54-34)26-16-17-33(28(29)19-26)47(37)13-3/h11-12,16-17,19,22,24-25,30-31,35,46H,1,13-15,18,20-21,23H2,2-10H3,(H,45,49)/b36-27+,43-12?/t24-,25-,30-,31-,35+/m0/s1. The van der Waals surface area contributed by atoms with Gasteiger partial charge < -0.3 is 19.4 Å². The van der Waals surface area contributed by atoms with Gasteiger partial charge in [0.15, 0.2) is 0 Å². The number of fused-ring (bicyclic) bond motifs is 6. The van der Waals surface area contributed by atoms with Gasteiger partial charge in [0, 0.05) is 71.6 Å². The molecule has 11 nitrogen and oxygen atoms in total. The van der Waals surface area contributed by atoms with Crippen molar-refractivity contribution in [1.82, 2.24) is 25.3 Å². The van der Waals surface area contributed by atoms with E-state index in [0.29, 0.717) is 32.4 Å². The molecule has 2 N–H and O–H groups in total. The van der Waals surface area contributed by atoms with Gasteiger partial charge in [0.25, 0.3) is 5.91 Å². The number of cyclic esters (lactones) is 1. The number of hydrogen-bond donors (Lipinski definition) is 2. The molecule has 12 heteroatoms. The minimum Gasteiger partial charge on any atom is -0.464 e. The zero-order valence-corrected chi connectivity index (χ0v) is 34.1. The van der Waals surface area contributed by atoms with Gasteiger partial charge in [-0.05, 0) is 69.1 Å². The van der Waals surface area contributed by atoms with Crippen LogP contribution in [0.5, 0.6) is 0 Å². The molecular formula is C42H56N6O5S. The Morgan fingerprint density at radius 3 is 2.67 bits per heavy atom. The van der Waals surface area contributed by atoms with Crippen molar-refractivity contribution in [2.24, 2.45) is 27.7 Å². The molecule has 3 aromatic rings. The molecule has 6 rings (SSSR count). The molecule has 1 aliphatic carbocycles. The van der Waals surface area contributed by atoms with Crippen LogP contribution in [0.25, 0.3) is 27.7 Å². The van der Waals surface area contributed by atoms with Gasteiger partial charge in [-0.3, -0.25) is 24.4 Å². The molecule has 290 valence electrons. The van der Waals surface area contributed by atoms with Crippen LogP contribution in [0.4, 0.5) is 0 Å². The van der Waals surface area contributed by atoms with E-state index in [4.69, 9.17) is 19.5 Å². The summed E-state index contributed by atoms with van der Waals surface area (Å²) in [7, 11) is 1.68. The summed E-state index contributed by atoms with van der Waals surface area (Å²) >= 11 is 1.48. The number of aryl methyl sites for hydroxylation is 1. The molecule has 0 unspecified atom stereocenters. The Hall–Kier alpha value is -4.13. The number of rotatable bonds is 8. The molecule has 6 bridgehead atoms. The molecule has 2 amide bonds. The van der Waals surface area contributed by atoms with E-state index in [1.165, 1.54) is 16.3 Å². The highest BCUT2D eigenvalue weighted by Crippen LogP contribution is 2.57. The first-order chi connectivity index (χ1) is 25.6. The molecule has 2 aliphatic heterocycles. The lowest BCUT2D eigenvalue weighted by Gasteiger charge is -2.35. The molecule has 0 spiro atoms. The molecule has 2 aromatic heterocycles. The van der Waals surface area contributed by atoms with Crippen LogP contribution in [0, 0.1) is 22.7 Å². The third kappa shape index (κ3) is 7.57. The Balaban J connectivity index is 1.50. The summed E-state index contributed by atoms with van der Waals surface area (Å²) in [5, 5.41) is 8.40. The van der Waals surface area contributed by atoms with Crippen molar-refractivity contribution in [3.8, 4) is 11.3 Å². The Kier molecular flexibility index (Phi) is 11.4. The number of carbonyl (C=O) groups excluding carboxylic acids is 3. The summed E-state index contributed by atoms with van der Waals surface area (Å²) in [6.07, 6.45) is 5.33. The highest BCUT2D eigenvalue weighted by atomic mass is 32.1. The highest BCUT2D eigenvalue weighted by Gasteiger charge is 2.59. The van der Waals surface area contributed by atoms with Crippen LogP contribution < -0.4 is 10.7 Å². The topological polar surface area (TPSA) is 127 Å². The maximum absolute atomic E-state index is 14.2. The summed E-state index contributed by atoms with van der Waals surface area (Å²) in [4.78, 5) is 51.3. The lowest BCUT2D eigenvalue weighted by atomic mass is 9.84. The fourth-order valence-corrected chi connectivity index (χ4v) is 9.05. The van der Waals surface area contributed by atoms with Crippen molar-refractivity contribution in [1.29, 1.82) is 0 Å². The second-order valence-electron chi connectivity index (χ2n) is 16.3. The third-order valence-electron chi connectivity index (χ3n) is 11.7. The van der Waals surface area contributed by atoms with Crippen molar-refractivity contribution in [2.45, 2.75) is 106 Å². The van der Waals surface area contributed by atoms with E-state index >= 15 is 0 Å². The Morgan fingerprint density at radius 2 is 2.02 bits per heavy atom. The molecule has 3 aliphatic rings. The summed E-state index contributed by atoms with van der Waals surface area (Å²) in [6, 6.07) is 4.87. The molecular weight excluding hydrogens is 701 g/mol.